The summed E-state index contributed by atoms with van der Waals surface area (Å²) in [6, 6.07) is 1.79. The number of hydrogen-bond acceptors (Lipinski definition) is 6. The number of amides is 1. The van der Waals surface area contributed by atoms with Crippen molar-refractivity contribution in [2.45, 2.75) is 43.0 Å². The van der Waals surface area contributed by atoms with Crippen molar-refractivity contribution in [1.29, 1.82) is 0 Å². The second-order valence-corrected chi connectivity index (χ2v) is 9.21. The van der Waals surface area contributed by atoms with E-state index in [1.165, 1.54) is 11.8 Å². The van der Waals surface area contributed by atoms with Crippen LogP contribution in [0.15, 0.2) is 28.3 Å². The highest BCUT2D eigenvalue weighted by molar-refractivity contribution is 7.99. The molecular weight excluding hydrogens is 382 g/mol. The minimum absolute atomic E-state index is 0.0633. The molecule has 2 aliphatic rings. The van der Waals surface area contributed by atoms with Crippen molar-refractivity contribution in [3.8, 4) is 0 Å². The fraction of sp³-hybridized carbons (Fsp3) is 0.421. The SMILES string of the molecule is CC1(C)CCN(c2ncc(Sc3ccnc(N)c3Cl)c3c2CNC3=O)CC1. The molecule has 27 heavy (non-hydrogen) atoms. The summed E-state index contributed by atoms with van der Waals surface area (Å²) >= 11 is 7.67. The molecule has 8 heteroatoms. The fourth-order valence-electron chi connectivity index (χ4n) is 3.51. The van der Waals surface area contributed by atoms with E-state index < -0.39 is 0 Å². The van der Waals surface area contributed by atoms with E-state index in [1.807, 2.05) is 0 Å². The Morgan fingerprint density at radius 2 is 2.00 bits per heavy atom. The largest absolute Gasteiger partial charge is 0.382 e. The van der Waals surface area contributed by atoms with Gasteiger partial charge in [-0.1, -0.05) is 37.2 Å². The molecule has 0 aromatic carbocycles. The summed E-state index contributed by atoms with van der Waals surface area (Å²) in [7, 11) is 0. The number of anilines is 2. The Bertz CT molecular complexity index is 907. The van der Waals surface area contributed by atoms with Crippen molar-refractivity contribution in [2.24, 2.45) is 5.41 Å². The Hall–Kier alpha value is -1.99. The van der Waals surface area contributed by atoms with Crippen LogP contribution >= 0.6 is 23.4 Å². The van der Waals surface area contributed by atoms with Gasteiger partial charge >= 0.3 is 0 Å². The van der Waals surface area contributed by atoms with Gasteiger partial charge in [-0.2, -0.15) is 0 Å². The monoisotopic (exact) mass is 403 g/mol. The molecule has 0 aliphatic carbocycles. The minimum atomic E-state index is -0.0633. The van der Waals surface area contributed by atoms with Gasteiger partial charge in [0.15, 0.2) is 0 Å². The molecule has 4 rings (SSSR count). The van der Waals surface area contributed by atoms with Gasteiger partial charge in [-0.15, -0.1) is 0 Å². The third-order valence-corrected chi connectivity index (χ3v) is 6.89. The van der Waals surface area contributed by atoms with Crippen LogP contribution in [0.25, 0.3) is 0 Å². The van der Waals surface area contributed by atoms with Gasteiger partial charge in [-0.25, -0.2) is 9.97 Å². The standard InChI is InChI=1S/C19H22ClN5OS/c1-19(2)4-7-25(8-5-19)17-11-9-24-18(26)14(11)13(10-23-17)27-12-3-6-22-16(21)15(12)20/h3,6,10H,4-5,7-9H2,1-2H3,(H2,21,22)(H,24,26). The van der Waals surface area contributed by atoms with Crippen LogP contribution in [0.4, 0.5) is 11.6 Å². The second kappa shape index (κ2) is 6.87. The van der Waals surface area contributed by atoms with E-state index in [-0.39, 0.29) is 11.7 Å². The third kappa shape index (κ3) is 3.46. The first-order valence-electron chi connectivity index (χ1n) is 8.98. The molecule has 2 aliphatic heterocycles. The highest BCUT2D eigenvalue weighted by Gasteiger charge is 2.32. The van der Waals surface area contributed by atoms with Crippen LogP contribution in [0, 0.1) is 5.41 Å². The lowest BCUT2D eigenvalue weighted by Crippen LogP contribution is -2.38. The van der Waals surface area contributed by atoms with Crippen molar-refractivity contribution >= 4 is 40.9 Å². The number of carbonyl (C=O) groups is 1. The van der Waals surface area contributed by atoms with Gasteiger partial charge < -0.3 is 16.0 Å². The van der Waals surface area contributed by atoms with Gasteiger partial charge in [0.1, 0.15) is 11.6 Å². The molecule has 2 aromatic rings. The van der Waals surface area contributed by atoms with Crippen LogP contribution in [-0.2, 0) is 6.54 Å². The molecule has 142 valence electrons. The number of nitrogens with one attached hydrogen (secondary N) is 1. The summed E-state index contributed by atoms with van der Waals surface area (Å²) in [5, 5.41) is 3.34. The molecule has 0 radical (unpaired) electrons. The number of nitrogens with zero attached hydrogens (tertiary/aromatic N) is 3. The van der Waals surface area contributed by atoms with Crippen LogP contribution in [0.2, 0.25) is 5.02 Å². The van der Waals surface area contributed by atoms with Crippen molar-refractivity contribution in [3.05, 3.63) is 34.6 Å². The van der Waals surface area contributed by atoms with E-state index >= 15 is 0 Å². The summed E-state index contributed by atoms with van der Waals surface area (Å²) in [6.45, 7) is 7.03. The molecule has 1 fully saturated rings. The van der Waals surface area contributed by atoms with Crippen molar-refractivity contribution in [1.82, 2.24) is 15.3 Å². The molecular formula is C19H22ClN5OS. The van der Waals surface area contributed by atoms with Gasteiger partial charge in [0.2, 0.25) is 0 Å². The molecule has 0 atom stereocenters. The molecule has 1 amide bonds. The number of aromatic nitrogens is 2. The molecule has 6 nitrogen and oxygen atoms in total. The zero-order chi connectivity index (χ0) is 19.2. The van der Waals surface area contributed by atoms with Crippen molar-refractivity contribution < 1.29 is 4.79 Å². The van der Waals surface area contributed by atoms with Crippen LogP contribution in [-0.4, -0.2) is 29.0 Å². The zero-order valence-electron chi connectivity index (χ0n) is 15.4. The Morgan fingerprint density at radius 3 is 2.74 bits per heavy atom. The van der Waals surface area contributed by atoms with E-state index in [4.69, 9.17) is 22.3 Å². The van der Waals surface area contributed by atoms with E-state index in [9.17, 15) is 4.79 Å². The highest BCUT2D eigenvalue weighted by atomic mass is 35.5. The van der Waals surface area contributed by atoms with Crippen LogP contribution in [0.3, 0.4) is 0 Å². The maximum absolute atomic E-state index is 12.5. The number of hydrogen-bond donors (Lipinski definition) is 2. The lowest BCUT2D eigenvalue weighted by atomic mass is 9.82. The van der Waals surface area contributed by atoms with E-state index in [1.54, 1.807) is 18.5 Å². The minimum Gasteiger partial charge on any atom is -0.382 e. The Balaban J connectivity index is 1.69. The number of piperidine rings is 1. The summed E-state index contributed by atoms with van der Waals surface area (Å²) in [6.07, 6.45) is 5.62. The Labute approximate surface area is 167 Å². The summed E-state index contributed by atoms with van der Waals surface area (Å²) in [5.74, 6) is 1.14. The third-order valence-electron chi connectivity index (χ3n) is 5.29. The molecule has 4 heterocycles. The molecule has 0 unspecified atom stereocenters. The predicted molar refractivity (Wildman–Crippen MR) is 108 cm³/mol. The first kappa shape index (κ1) is 18.4. The van der Waals surface area contributed by atoms with E-state index in [0.717, 1.165) is 47.1 Å². The zero-order valence-corrected chi connectivity index (χ0v) is 17.0. The average Bonchev–Trinajstić information content (AvgIpc) is 3.02. The van der Waals surface area contributed by atoms with Gasteiger partial charge in [-0.05, 0) is 24.3 Å². The van der Waals surface area contributed by atoms with Crippen LogP contribution in [0.1, 0.15) is 42.6 Å². The maximum Gasteiger partial charge on any atom is 0.253 e. The first-order chi connectivity index (χ1) is 12.9. The second-order valence-electron chi connectivity index (χ2n) is 7.74. The van der Waals surface area contributed by atoms with E-state index in [2.05, 4.69) is 29.0 Å². The molecule has 0 bridgehead atoms. The average molecular weight is 404 g/mol. The molecule has 0 saturated carbocycles. The first-order valence-corrected chi connectivity index (χ1v) is 10.2. The van der Waals surface area contributed by atoms with Gasteiger partial charge in [0.25, 0.3) is 5.91 Å². The Morgan fingerprint density at radius 1 is 1.26 bits per heavy atom. The fourth-order valence-corrected chi connectivity index (χ4v) is 4.72. The topological polar surface area (TPSA) is 84.1 Å². The van der Waals surface area contributed by atoms with Gasteiger partial charge in [-0.3, -0.25) is 4.79 Å². The number of carbonyl (C=O) groups excluding carboxylic acids is 1. The Kier molecular flexibility index (Phi) is 4.68. The maximum atomic E-state index is 12.5. The normalized spacial score (nSPS) is 18.3. The molecule has 3 N–H and O–H groups in total. The number of halogens is 1. The molecule has 0 spiro atoms. The van der Waals surface area contributed by atoms with Crippen molar-refractivity contribution in [3.63, 3.8) is 0 Å². The summed E-state index contributed by atoms with van der Waals surface area (Å²) in [4.78, 5) is 25.1. The predicted octanol–water partition coefficient (Wildman–Crippen LogP) is 3.73. The molecule has 2 aromatic heterocycles. The number of fused-ring (bicyclic) bond motifs is 1. The highest BCUT2D eigenvalue weighted by Crippen LogP contribution is 2.41. The number of nitrogens with two attached hydrogens (primary N) is 1. The summed E-state index contributed by atoms with van der Waals surface area (Å²) < 4.78 is 0. The number of rotatable bonds is 3. The van der Waals surface area contributed by atoms with E-state index in [0.29, 0.717) is 22.5 Å². The lowest BCUT2D eigenvalue weighted by Gasteiger charge is -2.38. The smallest absolute Gasteiger partial charge is 0.253 e. The van der Waals surface area contributed by atoms with Crippen LogP contribution < -0.4 is 16.0 Å². The number of pyridine rings is 2. The molecule has 1 saturated heterocycles. The van der Waals surface area contributed by atoms with Gasteiger partial charge in [0.05, 0.1) is 10.6 Å². The summed E-state index contributed by atoms with van der Waals surface area (Å²) in [5.41, 5.74) is 7.83. The van der Waals surface area contributed by atoms with Crippen molar-refractivity contribution in [2.75, 3.05) is 23.7 Å². The van der Waals surface area contributed by atoms with Gasteiger partial charge in [0, 0.05) is 47.4 Å². The quantitative estimate of drug-likeness (QED) is 0.812. The number of nitrogen functional groups attached to an aromatic ring is 1. The van der Waals surface area contributed by atoms with Crippen LogP contribution in [0.5, 0.6) is 0 Å². The lowest BCUT2D eigenvalue weighted by molar-refractivity contribution is 0.0963.